The zero-order valence-corrected chi connectivity index (χ0v) is 13.6. The fourth-order valence-corrected chi connectivity index (χ4v) is 2.23. The molecule has 1 heterocycles. The highest BCUT2D eigenvalue weighted by Gasteiger charge is 2.21. The van der Waals surface area contributed by atoms with Gasteiger partial charge in [-0.2, -0.15) is 0 Å². The van der Waals surface area contributed by atoms with Crippen molar-refractivity contribution in [1.29, 1.82) is 0 Å². The Hall–Kier alpha value is -2.63. The summed E-state index contributed by atoms with van der Waals surface area (Å²) in [6.07, 6.45) is 0.750. The number of anilines is 1. The number of benzene rings is 1. The van der Waals surface area contributed by atoms with E-state index >= 15 is 0 Å². The number of carbonyl (C=O) groups excluding carboxylic acids is 2. The topological polar surface area (TPSA) is 75.4 Å². The Morgan fingerprint density at radius 2 is 2.00 bits per heavy atom. The first kappa shape index (κ1) is 16.7. The van der Waals surface area contributed by atoms with Crippen LogP contribution in [0.5, 0.6) is 0 Å². The van der Waals surface area contributed by atoms with Crippen LogP contribution in [-0.4, -0.2) is 35.0 Å². The minimum Gasteiger partial charge on any atom is -0.361 e. The smallest absolute Gasteiger partial charge is 0.276 e. The van der Waals surface area contributed by atoms with E-state index in [9.17, 15) is 9.59 Å². The molecule has 0 radical (unpaired) electrons. The van der Waals surface area contributed by atoms with Gasteiger partial charge in [-0.25, -0.2) is 0 Å². The third-order valence-electron chi connectivity index (χ3n) is 3.38. The summed E-state index contributed by atoms with van der Waals surface area (Å²) in [6.45, 7) is 6.05. The maximum absolute atomic E-state index is 12.4. The lowest BCUT2D eigenvalue weighted by Crippen LogP contribution is -2.38. The summed E-state index contributed by atoms with van der Waals surface area (Å²) >= 11 is 0. The Morgan fingerprint density at radius 1 is 1.26 bits per heavy atom. The van der Waals surface area contributed by atoms with Gasteiger partial charge in [0.2, 0.25) is 5.91 Å². The molecular weight excluding hydrogens is 294 g/mol. The minimum absolute atomic E-state index is 0.0209. The standard InChI is InChI=1S/C17H21N3O3/c1-4-9-20(17(22)15-10-13(3)23-19-15)11-16(21)18-14-8-6-5-7-12(14)2/h5-8,10H,4,9,11H2,1-3H3,(H,18,21). The van der Waals surface area contributed by atoms with Crippen LogP contribution in [0.25, 0.3) is 0 Å². The van der Waals surface area contributed by atoms with Crippen LogP contribution in [0.3, 0.4) is 0 Å². The Bertz CT molecular complexity index is 694. The molecule has 6 nitrogen and oxygen atoms in total. The third kappa shape index (κ3) is 4.42. The van der Waals surface area contributed by atoms with Gasteiger partial charge in [0.05, 0.1) is 0 Å². The summed E-state index contributed by atoms with van der Waals surface area (Å²) in [6, 6.07) is 9.09. The van der Waals surface area contributed by atoms with E-state index in [0.717, 1.165) is 17.7 Å². The van der Waals surface area contributed by atoms with Crippen LogP contribution in [-0.2, 0) is 4.79 Å². The van der Waals surface area contributed by atoms with Crippen LogP contribution in [0, 0.1) is 13.8 Å². The molecule has 0 spiro atoms. The lowest BCUT2D eigenvalue weighted by Gasteiger charge is -2.20. The van der Waals surface area contributed by atoms with E-state index in [-0.39, 0.29) is 24.1 Å². The van der Waals surface area contributed by atoms with Gasteiger partial charge < -0.3 is 14.7 Å². The molecule has 1 aromatic heterocycles. The predicted octanol–water partition coefficient (Wildman–Crippen LogP) is 2.78. The van der Waals surface area contributed by atoms with E-state index in [1.807, 2.05) is 38.1 Å². The van der Waals surface area contributed by atoms with Crippen molar-refractivity contribution in [3.05, 3.63) is 47.3 Å². The molecule has 2 rings (SSSR count). The van der Waals surface area contributed by atoms with Crippen LogP contribution >= 0.6 is 0 Å². The average Bonchev–Trinajstić information content (AvgIpc) is 2.95. The van der Waals surface area contributed by atoms with Crippen molar-refractivity contribution >= 4 is 17.5 Å². The quantitative estimate of drug-likeness (QED) is 0.889. The van der Waals surface area contributed by atoms with Crippen molar-refractivity contribution in [2.45, 2.75) is 27.2 Å². The van der Waals surface area contributed by atoms with Gasteiger partial charge in [0, 0.05) is 18.3 Å². The fourth-order valence-electron chi connectivity index (χ4n) is 2.23. The molecule has 2 amide bonds. The highest BCUT2D eigenvalue weighted by Crippen LogP contribution is 2.13. The Balaban J connectivity index is 2.05. The second kappa shape index (κ2) is 7.58. The Morgan fingerprint density at radius 3 is 2.61 bits per heavy atom. The summed E-state index contributed by atoms with van der Waals surface area (Å²) in [5.74, 6) is 0.0270. The second-order valence-electron chi connectivity index (χ2n) is 5.41. The largest absolute Gasteiger partial charge is 0.361 e. The molecule has 1 N–H and O–H groups in total. The molecule has 122 valence electrons. The molecule has 0 aliphatic rings. The molecule has 1 aromatic carbocycles. The normalized spacial score (nSPS) is 10.4. The van der Waals surface area contributed by atoms with Gasteiger partial charge in [-0.1, -0.05) is 30.3 Å². The molecule has 0 fully saturated rings. The molecule has 6 heteroatoms. The highest BCUT2D eigenvalue weighted by molar-refractivity contribution is 5.98. The zero-order valence-electron chi connectivity index (χ0n) is 13.6. The number of nitrogens with one attached hydrogen (secondary N) is 1. The maximum atomic E-state index is 12.4. The number of para-hydroxylation sites is 1. The molecular formula is C17H21N3O3. The Labute approximate surface area is 135 Å². The predicted molar refractivity (Wildman–Crippen MR) is 87.2 cm³/mol. The lowest BCUT2D eigenvalue weighted by atomic mass is 10.2. The van der Waals surface area contributed by atoms with Crippen molar-refractivity contribution in [2.75, 3.05) is 18.4 Å². The molecule has 0 aliphatic carbocycles. The molecule has 0 atom stereocenters. The van der Waals surface area contributed by atoms with Crippen molar-refractivity contribution in [2.24, 2.45) is 0 Å². The number of amides is 2. The number of hydrogen-bond donors (Lipinski definition) is 1. The zero-order chi connectivity index (χ0) is 16.8. The second-order valence-corrected chi connectivity index (χ2v) is 5.41. The Kier molecular flexibility index (Phi) is 5.51. The van der Waals surface area contributed by atoms with Crippen LogP contribution in [0.2, 0.25) is 0 Å². The van der Waals surface area contributed by atoms with Gasteiger partial charge in [0.1, 0.15) is 12.3 Å². The molecule has 2 aromatic rings. The van der Waals surface area contributed by atoms with Crippen LogP contribution in [0.15, 0.2) is 34.9 Å². The van der Waals surface area contributed by atoms with Crippen molar-refractivity contribution in [1.82, 2.24) is 10.1 Å². The minimum atomic E-state index is -0.302. The van der Waals surface area contributed by atoms with E-state index in [0.29, 0.717) is 12.3 Å². The number of aromatic nitrogens is 1. The number of nitrogens with zero attached hydrogens (tertiary/aromatic N) is 2. The summed E-state index contributed by atoms with van der Waals surface area (Å²) in [5, 5.41) is 6.56. The molecule has 0 aliphatic heterocycles. The maximum Gasteiger partial charge on any atom is 0.276 e. The van der Waals surface area contributed by atoms with Gasteiger partial charge in [0.25, 0.3) is 5.91 Å². The SMILES string of the molecule is CCCN(CC(=O)Nc1ccccc1C)C(=O)c1cc(C)on1. The highest BCUT2D eigenvalue weighted by atomic mass is 16.5. The summed E-state index contributed by atoms with van der Waals surface area (Å²) < 4.78 is 4.93. The molecule has 0 saturated heterocycles. The average molecular weight is 315 g/mol. The van der Waals surface area contributed by atoms with E-state index in [2.05, 4.69) is 10.5 Å². The van der Waals surface area contributed by atoms with E-state index in [1.54, 1.807) is 13.0 Å². The monoisotopic (exact) mass is 315 g/mol. The van der Waals surface area contributed by atoms with E-state index < -0.39 is 0 Å². The van der Waals surface area contributed by atoms with Crippen LogP contribution in [0.4, 0.5) is 5.69 Å². The summed E-state index contributed by atoms with van der Waals surface area (Å²) in [4.78, 5) is 26.1. The molecule has 0 saturated carbocycles. The number of hydrogen-bond acceptors (Lipinski definition) is 4. The first-order valence-electron chi connectivity index (χ1n) is 7.59. The number of rotatable bonds is 6. The molecule has 0 bridgehead atoms. The first-order chi connectivity index (χ1) is 11.0. The number of carbonyl (C=O) groups is 2. The summed E-state index contributed by atoms with van der Waals surface area (Å²) in [7, 11) is 0. The van der Waals surface area contributed by atoms with Crippen LogP contribution in [0.1, 0.15) is 35.2 Å². The third-order valence-corrected chi connectivity index (χ3v) is 3.38. The van der Waals surface area contributed by atoms with Crippen molar-refractivity contribution in [3.8, 4) is 0 Å². The summed E-state index contributed by atoms with van der Waals surface area (Å²) in [5.41, 5.74) is 1.94. The van der Waals surface area contributed by atoms with Gasteiger partial charge in [-0.15, -0.1) is 0 Å². The van der Waals surface area contributed by atoms with E-state index in [1.165, 1.54) is 4.90 Å². The van der Waals surface area contributed by atoms with E-state index in [4.69, 9.17) is 4.52 Å². The van der Waals surface area contributed by atoms with Crippen molar-refractivity contribution in [3.63, 3.8) is 0 Å². The van der Waals surface area contributed by atoms with Gasteiger partial charge in [-0.05, 0) is 31.9 Å². The molecule has 0 unspecified atom stereocenters. The van der Waals surface area contributed by atoms with Crippen molar-refractivity contribution < 1.29 is 14.1 Å². The fraction of sp³-hybridized carbons (Fsp3) is 0.353. The van der Waals surface area contributed by atoms with Gasteiger partial charge >= 0.3 is 0 Å². The van der Waals surface area contributed by atoms with Gasteiger partial charge in [-0.3, -0.25) is 9.59 Å². The lowest BCUT2D eigenvalue weighted by molar-refractivity contribution is -0.116. The first-order valence-corrected chi connectivity index (χ1v) is 7.59. The number of aryl methyl sites for hydroxylation is 2. The van der Waals surface area contributed by atoms with Gasteiger partial charge in [0.15, 0.2) is 5.69 Å². The molecule has 23 heavy (non-hydrogen) atoms. The van der Waals surface area contributed by atoms with Crippen LogP contribution < -0.4 is 5.32 Å².